The summed E-state index contributed by atoms with van der Waals surface area (Å²) in [5.74, 6) is 0.801. The van der Waals surface area contributed by atoms with Crippen LogP contribution in [0.5, 0.6) is 0 Å². The Labute approximate surface area is 161 Å². The number of carbonyl (C=O) groups is 2. The Morgan fingerprint density at radius 1 is 1.31 bits per heavy atom. The van der Waals surface area contributed by atoms with Gasteiger partial charge in [0.05, 0.1) is 12.2 Å². The lowest BCUT2D eigenvalue weighted by Gasteiger charge is -2.36. The van der Waals surface area contributed by atoms with E-state index in [2.05, 4.69) is 34.6 Å². The third kappa shape index (κ3) is 6.20. The quantitative estimate of drug-likeness (QED) is 0.331. The molecule has 6 heteroatoms. The molecule has 2 rings (SSSR count). The molecule has 0 spiro atoms. The molecule has 1 aromatic rings. The van der Waals surface area contributed by atoms with Crippen LogP contribution >= 0.6 is 11.8 Å². The molecule has 1 aliphatic heterocycles. The standard InChI is InChI=1S/C20H31N3O2S/c1-16-8-6-12-23(16)19(14-25)18(22-20(21-2)11-7-13-24)15-26-17-9-4-3-5-10-17/h3-5,9-10,13-14,16,18-22H,6-8,11-12,15H2,1-2H3. The second-order valence-electron chi connectivity index (χ2n) is 6.84. The number of carbonyl (C=O) groups excluding carboxylic acids is 2. The van der Waals surface area contributed by atoms with Crippen LogP contribution in [0, 0.1) is 0 Å². The van der Waals surface area contributed by atoms with Gasteiger partial charge in [-0.3, -0.25) is 10.2 Å². The third-order valence-electron chi connectivity index (χ3n) is 5.05. The number of benzene rings is 1. The molecule has 144 valence electrons. The van der Waals surface area contributed by atoms with Crippen molar-refractivity contribution in [1.82, 2.24) is 15.5 Å². The zero-order valence-electron chi connectivity index (χ0n) is 15.8. The highest BCUT2D eigenvalue weighted by molar-refractivity contribution is 7.99. The summed E-state index contributed by atoms with van der Waals surface area (Å²) in [7, 11) is 1.89. The number of likely N-dealkylation sites (tertiary alicyclic amines) is 1. The van der Waals surface area contributed by atoms with Gasteiger partial charge in [0.2, 0.25) is 0 Å². The summed E-state index contributed by atoms with van der Waals surface area (Å²) < 4.78 is 0. The smallest absolute Gasteiger partial charge is 0.138 e. The zero-order chi connectivity index (χ0) is 18.8. The van der Waals surface area contributed by atoms with E-state index in [-0.39, 0.29) is 18.2 Å². The van der Waals surface area contributed by atoms with E-state index in [9.17, 15) is 9.59 Å². The fourth-order valence-corrected chi connectivity index (χ4v) is 4.57. The number of aldehydes is 2. The van der Waals surface area contributed by atoms with Crippen molar-refractivity contribution in [1.29, 1.82) is 0 Å². The van der Waals surface area contributed by atoms with Gasteiger partial charge in [0, 0.05) is 29.2 Å². The minimum atomic E-state index is -0.157. The lowest BCUT2D eigenvalue weighted by molar-refractivity contribution is -0.113. The highest BCUT2D eigenvalue weighted by Crippen LogP contribution is 2.24. The fourth-order valence-electron chi connectivity index (χ4n) is 3.55. The average molecular weight is 378 g/mol. The first-order chi connectivity index (χ1) is 12.7. The fraction of sp³-hybridized carbons (Fsp3) is 0.600. The SMILES string of the molecule is CNC(CCC=O)NC(CSc1ccccc1)C(C=O)N1CCCC1C. The van der Waals surface area contributed by atoms with Crippen LogP contribution < -0.4 is 10.6 Å². The van der Waals surface area contributed by atoms with Crippen LogP contribution in [0.3, 0.4) is 0 Å². The summed E-state index contributed by atoms with van der Waals surface area (Å²) in [6.45, 7) is 3.17. The Bertz CT molecular complexity index is 543. The molecule has 1 saturated heterocycles. The van der Waals surface area contributed by atoms with Crippen LogP contribution in [-0.2, 0) is 9.59 Å². The summed E-state index contributed by atoms with van der Waals surface area (Å²) >= 11 is 1.76. The molecule has 26 heavy (non-hydrogen) atoms. The molecule has 4 unspecified atom stereocenters. The molecule has 1 aliphatic rings. The summed E-state index contributed by atoms with van der Waals surface area (Å²) in [4.78, 5) is 26.3. The molecule has 0 aromatic heterocycles. The first-order valence-corrected chi connectivity index (χ1v) is 10.4. The Morgan fingerprint density at radius 2 is 2.08 bits per heavy atom. The number of hydrogen-bond donors (Lipinski definition) is 2. The van der Waals surface area contributed by atoms with Gasteiger partial charge in [0.15, 0.2) is 0 Å². The predicted octanol–water partition coefficient (Wildman–Crippen LogP) is 2.31. The molecular formula is C20H31N3O2S. The monoisotopic (exact) mass is 377 g/mol. The van der Waals surface area contributed by atoms with Crippen molar-refractivity contribution in [2.45, 2.75) is 61.8 Å². The van der Waals surface area contributed by atoms with Gasteiger partial charge in [-0.2, -0.15) is 0 Å². The van der Waals surface area contributed by atoms with E-state index >= 15 is 0 Å². The maximum Gasteiger partial charge on any atom is 0.138 e. The number of rotatable bonds is 12. The van der Waals surface area contributed by atoms with Gasteiger partial charge in [0.1, 0.15) is 12.6 Å². The molecule has 0 radical (unpaired) electrons. The van der Waals surface area contributed by atoms with Crippen molar-refractivity contribution < 1.29 is 9.59 Å². The zero-order valence-corrected chi connectivity index (χ0v) is 16.6. The number of nitrogens with zero attached hydrogens (tertiary/aromatic N) is 1. The molecule has 0 saturated carbocycles. The lowest BCUT2D eigenvalue weighted by atomic mass is 10.1. The van der Waals surface area contributed by atoms with E-state index in [0.29, 0.717) is 18.9 Å². The van der Waals surface area contributed by atoms with E-state index in [1.165, 1.54) is 4.90 Å². The molecule has 2 N–H and O–H groups in total. The summed E-state index contributed by atoms with van der Waals surface area (Å²) in [5, 5.41) is 6.83. The van der Waals surface area contributed by atoms with Crippen LogP contribution in [0.2, 0.25) is 0 Å². The lowest BCUT2D eigenvalue weighted by Crippen LogP contribution is -2.58. The normalized spacial score (nSPS) is 21.2. The first kappa shape index (κ1) is 21.1. The Kier molecular flexibility index (Phi) is 9.32. The van der Waals surface area contributed by atoms with Gasteiger partial charge in [-0.25, -0.2) is 0 Å². The molecule has 1 heterocycles. The number of nitrogens with one attached hydrogen (secondary N) is 2. The molecule has 1 aromatic carbocycles. The largest absolute Gasteiger partial charge is 0.305 e. The molecule has 0 bridgehead atoms. The van der Waals surface area contributed by atoms with E-state index in [1.54, 1.807) is 11.8 Å². The maximum atomic E-state index is 12.0. The maximum absolute atomic E-state index is 12.0. The van der Waals surface area contributed by atoms with Crippen molar-refractivity contribution in [2.24, 2.45) is 0 Å². The average Bonchev–Trinajstić information content (AvgIpc) is 3.09. The molecule has 0 amide bonds. The van der Waals surface area contributed by atoms with E-state index in [4.69, 9.17) is 0 Å². The second kappa shape index (κ2) is 11.5. The van der Waals surface area contributed by atoms with Gasteiger partial charge in [-0.1, -0.05) is 18.2 Å². The van der Waals surface area contributed by atoms with Crippen molar-refractivity contribution >= 4 is 24.3 Å². The van der Waals surface area contributed by atoms with Crippen molar-refractivity contribution in [3.8, 4) is 0 Å². The Balaban J connectivity index is 2.09. The number of hydrogen-bond acceptors (Lipinski definition) is 6. The highest BCUT2D eigenvalue weighted by atomic mass is 32.2. The Morgan fingerprint density at radius 3 is 2.65 bits per heavy atom. The van der Waals surface area contributed by atoms with E-state index in [1.807, 2.05) is 25.2 Å². The second-order valence-corrected chi connectivity index (χ2v) is 7.93. The van der Waals surface area contributed by atoms with E-state index in [0.717, 1.165) is 37.7 Å². The van der Waals surface area contributed by atoms with Gasteiger partial charge in [-0.05, 0) is 51.9 Å². The summed E-state index contributed by atoms with van der Waals surface area (Å²) in [6.07, 6.45) is 5.56. The van der Waals surface area contributed by atoms with Crippen LogP contribution in [0.15, 0.2) is 35.2 Å². The van der Waals surface area contributed by atoms with Crippen LogP contribution in [0.25, 0.3) is 0 Å². The minimum Gasteiger partial charge on any atom is -0.305 e. The topological polar surface area (TPSA) is 61.4 Å². The van der Waals surface area contributed by atoms with Crippen LogP contribution in [-0.4, -0.2) is 61.1 Å². The minimum absolute atomic E-state index is 0.0157. The van der Waals surface area contributed by atoms with Gasteiger partial charge in [-0.15, -0.1) is 11.8 Å². The van der Waals surface area contributed by atoms with Gasteiger partial charge < -0.3 is 14.9 Å². The molecular weight excluding hydrogens is 346 g/mol. The molecule has 1 fully saturated rings. The molecule has 5 nitrogen and oxygen atoms in total. The van der Waals surface area contributed by atoms with Crippen LogP contribution in [0.4, 0.5) is 0 Å². The van der Waals surface area contributed by atoms with E-state index < -0.39 is 0 Å². The number of thioether (sulfide) groups is 1. The van der Waals surface area contributed by atoms with Gasteiger partial charge in [0.25, 0.3) is 0 Å². The highest BCUT2D eigenvalue weighted by Gasteiger charge is 2.34. The van der Waals surface area contributed by atoms with Crippen molar-refractivity contribution in [3.05, 3.63) is 30.3 Å². The third-order valence-corrected chi connectivity index (χ3v) is 6.18. The molecule has 4 atom stereocenters. The van der Waals surface area contributed by atoms with Gasteiger partial charge >= 0.3 is 0 Å². The summed E-state index contributed by atoms with van der Waals surface area (Å²) in [6, 6.07) is 10.6. The van der Waals surface area contributed by atoms with Crippen molar-refractivity contribution in [3.63, 3.8) is 0 Å². The van der Waals surface area contributed by atoms with Crippen LogP contribution in [0.1, 0.15) is 32.6 Å². The predicted molar refractivity (Wildman–Crippen MR) is 107 cm³/mol. The molecule has 0 aliphatic carbocycles. The first-order valence-electron chi connectivity index (χ1n) is 9.45. The summed E-state index contributed by atoms with van der Waals surface area (Å²) in [5.41, 5.74) is 0. The van der Waals surface area contributed by atoms with Crippen molar-refractivity contribution in [2.75, 3.05) is 19.3 Å². The Hall–Kier alpha value is -1.21.